The molecule has 0 radical (unpaired) electrons. The van der Waals surface area contributed by atoms with Gasteiger partial charge in [0, 0.05) is 24.8 Å². The average molecular weight is 342 g/mol. The van der Waals surface area contributed by atoms with Crippen molar-refractivity contribution < 1.29 is 9.18 Å². The van der Waals surface area contributed by atoms with Crippen molar-refractivity contribution in [1.82, 2.24) is 30.0 Å². The van der Waals surface area contributed by atoms with Crippen LogP contribution in [-0.4, -0.2) is 36.0 Å². The number of nitrogens with zero attached hydrogens (tertiary/aromatic N) is 6. The van der Waals surface area contributed by atoms with E-state index in [1.165, 1.54) is 29.1 Å². The number of halogens is 1. The molecule has 4 rings (SSSR count). The lowest BCUT2D eigenvalue weighted by atomic mass is 10.2. The lowest BCUT2D eigenvalue weighted by molar-refractivity contribution is 0.262. The van der Waals surface area contributed by atoms with Gasteiger partial charge in [0.2, 0.25) is 0 Å². The Morgan fingerprint density at radius 2 is 2.08 bits per heavy atom. The Labute approximate surface area is 141 Å². The van der Waals surface area contributed by atoms with Crippen LogP contribution in [0.3, 0.4) is 0 Å². The molecule has 1 aliphatic carbocycles. The van der Waals surface area contributed by atoms with Crippen molar-refractivity contribution >= 4 is 17.4 Å². The molecular formula is C15H15FN8O. The maximum absolute atomic E-state index is 14.2. The van der Waals surface area contributed by atoms with Crippen LogP contribution in [0.25, 0.3) is 5.69 Å². The van der Waals surface area contributed by atoms with E-state index < -0.39 is 11.8 Å². The third-order valence-electron chi connectivity index (χ3n) is 3.83. The molecule has 1 aliphatic rings. The first-order chi connectivity index (χ1) is 12.1. The Bertz CT molecular complexity index is 929. The highest BCUT2D eigenvalue weighted by Crippen LogP contribution is 2.39. The van der Waals surface area contributed by atoms with Gasteiger partial charge in [0.25, 0.3) is 0 Å². The van der Waals surface area contributed by atoms with Crippen molar-refractivity contribution in [2.24, 2.45) is 7.05 Å². The number of aryl methyl sites for hydroxylation is 1. The Hall–Kier alpha value is -3.30. The maximum atomic E-state index is 14.2. The number of aromatic nitrogens is 6. The number of hydrogen-bond acceptors (Lipinski definition) is 5. The van der Waals surface area contributed by atoms with E-state index in [0.29, 0.717) is 17.2 Å². The van der Waals surface area contributed by atoms with E-state index in [1.54, 1.807) is 17.9 Å². The van der Waals surface area contributed by atoms with Crippen LogP contribution >= 0.6 is 0 Å². The van der Waals surface area contributed by atoms with E-state index in [4.69, 9.17) is 0 Å². The van der Waals surface area contributed by atoms with E-state index >= 15 is 0 Å². The van der Waals surface area contributed by atoms with Gasteiger partial charge in [-0.15, -0.1) is 5.10 Å². The van der Waals surface area contributed by atoms with Crippen LogP contribution < -0.4 is 10.6 Å². The fourth-order valence-electron chi connectivity index (χ4n) is 2.49. The van der Waals surface area contributed by atoms with Crippen molar-refractivity contribution in [2.45, 2.75) is 18.8 Å². The van der Waals surface area contributed by atoms with Crippen LogP contribution in [0.5, 0.6) is 0 Å². The molecule has 128 valence electrons. The van der Waals surface area contributed by atoms with Crippen molar-refractivity contribution in [1.29, 1.82) is 0 Å². The molecule has 1 fully saturated rings. The molecule has 0 unspecified atom stereocenters. The normalized spacial score (nSPS) is 13.7. The van der Waals surface area contributed by atoms with Crippen molar-refractivity contribution in [2.75, 3.05) is 10.6 Å². The second kappa shape index (κ2) is 5.96. The van der Waals surface area contributed by atoms with Gasteiger partial charge in [0.1, 0.15) is 11.5 Å². The van der Waals surface area contributed by atoms with E-state index in [9.17, 15) is 9.18 Å². The third-order valence-corrected chi connectivity index (χ3v) is 3.83. The van der Waals surface area contributed by atoms with Crippen molar-refractivity contribution in [3.63, 3.8) is 0 Å². The van der Waals surface area contributed by atoms with Crippen molar-refractivity contribution in [3.8, 4) is 5.69 Å². The second-order valence-electron chi connectivity index (χ2n) is 5.87. The van der Waals surface area contributed by atoms with Gasteiger partial charge in [0.05, 0.1) is 11.9 Å². The predicted octanol–water partition coefficient (Wildman–Crippen LogP) is 2.06. The number of nitrogens with one attached hydrogen (secondary N) is 2. The summed E-state index contributed by atoms with van der Waals surface area (Å²) in [5.41, 5.74) is 1.18. The Balaban J connectivity index is 1.55. The summed E-state index contributed by atoms with van der Waals surface area (Å²) >= 11 is 0. The van der Waals surface area contributed by atoms with Gasteiger partial charge in [-0.3, -0.25) is 4.68 Å². The summed E-state index contributed by atoms with van der Waals surface area (Å²) in [7, 11) is 1.75. The summed E-state index contributed by atoms with van der Waals surface area (Å²) in [6, 6.07) is 3.79. The number of benzene rings is 1. The standard InChI is InChI=1S/C15H15FN8O/c1-23-8-11(7-17-23)19-15(25)18-10-4-5-12(16)13(6-10)24-14(9-2-3-9)20-21-22-24/h4-9H,2-3H2,1H3,(H2,18,19,25). The van der Waals surface area contributed by atoms with Crippen LogP contribution in [0.15, 0.2) is 30.6 Å². The van der Waals surface area contributed by atoms with Gasteiger partial charge in [-0.2, -0.15) is 9.78 Å². The van der Waals surface area contributed by atoms with Crippen LogP contribution in [0.2, 0.25) is 0 Å². The molecule has 25 heavy (non-hydrogen) atoms. The van der Waals surface area contributed by atoms with Gasteiger partial charge in [-0.05, 0) is 41.5 Å². The molecule has 0 bridgehead atoms. The SMILES string of the molecule is Cn1cc(NC(=O)Nc2ccc(F)c(-n3nnnc3C3CC3)c2)cn1. The number of amides is 2. The molecule has 9 nitrogen and oxygen atoms in total. The highest BCUT2D eigenvalue weighted by Gasteiger charge is 2.30. The zero-order chi connectivity index (χ0) is 17.4. The molecule has 0 atom stereocenters. The van der Waals surface area contributed by atoms with Gasteiger partial charge in [0.15, 0.2) is 5.82 Å². The highest BCUT2D eigenvalue weighted by atomic mass is 19.1. The molecule has 0 saturated heterocycles. The summed E-state index contributed by atoms with van der Waals surface area (Å²) in [6.07, 6.45) is 5.18. The zero-order valence-corrected chi connectivity index (χ0v) is 13.3. The van der Waals surface area contributed by atoms with E-state index in [2.05, 4.69) is 31.3 Å². The first-order valence-electron chi connectivity index (χ1n) is 7.75. The number of tetrazole rings is 1. The first-order valence-corrected chi connectivity index (χ1v) is 7.75. The lowest BCUT2D eigenvalue weighted by Gasteiger charge is -2.10. The summed E-state index contributed by atoms with van der Waals surface area (Å²) in [6.45, 7) is 0. The zero-order valence-electron chi connectivity index (χ0n) is 13.3. The first kappa shape index (κ1) is 15.2. The number of hydrogen-bond donors (Lipinski definition) is 2. The fraction of sp³-hybridized carbons (Fsp3) is 0.267. The second-order valence-corrected chi connectivity index (χ2v) is 5.87. The summed E-state index contributed by atoms with van der Waals surface area (Å²) in [5, 5.41) is 20.8. The number of anilines is 2. The topological polar surface area (TPSA) is 103 Å². The maximum Gasteiger partial charge on any atom is 0.323 e. The number of carbonyl (C=O) groups is 1. The smallest absolute Gasteiger partial charge is 0.308 e. The lowest BCUT2D eigenvalue weighted by Crippen LogP contribution is -2.19. The van der Waals surface area contributed by atoms with Crippen LogP contribution in [-0.2, 0) is 7.05 Å². The van der Waals surface area contributed by atoms with Crippen LogP contribution in [0.1, 0.15) is 24.6 Å². The highest BCUT2D eigenvalue weighted by molar-refractivity contribution is 5.99. The monoisotopic (exact) mass is 342 g/mol. The van der Waals surface area contributed by atoms with Crippen molar-refractivity contribution in [3.05, 3.63) is 42.2 Å². The Morgan fingerprint density at radius 3 is 2.80 bits per heavy atom. The molecular weight excluding hydrogens is 327 g/mol. The number of carbonyl (C=O) groups excluding carboxylic acids is 1. The number of urea groups is 1. The van der Waals surface area contributed by atoms with Gasteiger partial charge in [-0.25, -0.2) is 9.18 Å². The van der Waals surface area contributed by atoms with Crippen LogP contribution in [0.4, 0.5) is 20.6 Å². The largest absolute Gasteiger partial charge is 0.323 e. The molecule has 2 amide bonds. The molecule has 0 aliphatic heterocycles. The van der Waals surface area contributed by atoms with Crippen LogP contribution in [0, 0.1) is 5.82 Å². The predicted molar refractivity (Wildman–Crippen MR) is 86.9 cm³/mol. The van der Waals surface area contributed by atoms with E-state index in [1.807, 2.05) is 0 Å². The molecule has 10 heteroatoms. The van der Waals surface area contributed by atoms with E-state index in [0.717, 1.165) is 12.8 Å². The molecule has 0 spiro atoms. The molecule has 2 N–H and O–H groups in total. The third kappa shape index (κ3) is 3.18. The van der Waals surface area contributed by atoms with Gasteiger partial charge >= 0.3 is 6.03 Å². The fourth-order valence-corrected chi connectivity index (χ4v) is 2.49. The minimum absolute atomic E-state index is 0.200. The summed E-state index contributed by atoms with van der Waals surface area (Å²) < 4.78 is 17.2. The molecule has 2 heterocycles. The molecule has 1 saturated carbocycles. The van der Waals surface area contributed by atoms with Gasteiger partial charge < -0.3 is 10.6 Å². The minimum atomic E-state index is -0.465. The quantitative estimate of drug-likeness (QED) is 0.755. The molecule has 2 aromatic heterocycles. The van der Waals surface area contributed by atoms with E-state index in [-0.39, 0.29) is 11.6 Å². The Kier molecular flexibility index (Phi) is 3.64. The minimum Gasteiger partial charge on any atom is -0.308 e. The summed E-state index contributed by atoms with van der Waals surface area (Å²) in [4.78, 5) is 12.1. The summed E-state index contributed by atoms with van der Waals surface area (Å²) in [5.74, 6) is 0.433. The molecule has 1 aromatic carbocycles. The molecule has 3 aromatic rings. The Morgan fingerprint density at radius 1 is 1.28 bits per heavy atom. The van der Waals surface area contributed by atoms with Gasteiger partial charge in [-0.1, -0.05) is 0 Å². The average Bonchev–Trinajstić information content (AvgIpc) is 3.17. The number of rotatable bonds is 4.